The van der Waals surface area contributed by atoms with Crippen molar-refractivity contribution in [2.75, 3.05) is 0 Å². The van der Waals surface area contributed by atoms with Crippen molar-refractivity contribution in [2.45, 2.75) is 27.2 Å². The second-order valence-corrected chi connectivity index (χ2v) is 4.25. The van der Waals surface area contributed by atoms with E-state index in [1.54, 1.807) is 0 Å². The van der Waals surface area contributed by atoms with Crippen LogP contribution < -0.4 is 5.73 Å². The molecule has 0 atom stereocenters. The Morgan fingerprint density at radius 3 is 2.33 bits per heavy atom. The van der Waals surface area contributed by atoms with Crippen LogP contribution in [0.5, 0.6) is 0 Å². The average Bonchev–Trinajstić information content (AvgIpc) is 2.11. The van der Waals surface area contributed by atoms with E-state index in [1.165, 1.54) is 5.57 Å². The summed E-state index contributed by atoms with van der Waals surface area (Å²) in [6.07, 6.45) is 9.08. The zero-order chi connectivity index (χ0) is 9.19. The van der Waals surface area contributed by atoms with Gasteiger partial charge in [0.1, 0.15) is 0 Å². The van der Waals surface area contributed by atoms with Crippen LogP contribution in [0.15, 0.2) is 35.6 Å². The van der Waals surface area contributed by atoms with Gasteiger partial charge in [0.05, 0.1) is 0 Å². The fourth-order valence-electron chi connectivity index (χ4n) is 1.20. The molecule has 1 aliphatic rings. The van der Waals surface area contributed by atoms with Gasteiger partial charge in [0.25, 0.3) is 0 Å². The molecule has 0 radical (unpaired) electrons. The van der Waals surface area contributed by atoms with Crippen LogP contribution in [0.2, 0.25) is 0 Å². The van der Waals surface area contributed by atoms with Crippen LogP contribution in [0.3, 0.4) is 0 Å². The fraction of sp³-hybridized carbons (Fsp3) is 0.455. The van der Waals surface area contributed by atoms with Gasteiger partial charge in [-0.05, 0) is 11.5 Å². The topological polar surface area (TPSA) is 26.0 Å². The summed E-state index contributed by atoms with van der Waals surface area (Å²) in [6, 6.07) is 0. The standard InChI is InChI=1S/C11H17N/c1-11(2,3)9-6-4-5-7-10(12)8-9/h4-7H,8,12H2,1-3H3. The second kappa shape index (κ2) is 3.18. The monoisotopic (exact) mass is 163 g/mol. The number of allylic oxidation sites excluding steroid dienone is 5. The zero-order valence-corrected chi connectivity index (χ0v) is 8.09. The summed E-state index contributed by atoms with van der Waals surface area (Å²) in [7, 11) is 0. The van der Waals surface area contributed by atoms with Crippen molar-refractivity contribution in [3.8, 4) is 0 Å². The van der Waals surface area contributed by atoms with E-state index in [1.807, 2.05) is 12.2 Å². The molecule has 0 fully saturated rings. The molecule has 1 aliphatic carbocycles. The van der Waals surface area contributed by atoms with Gasteiger partial charge in [0.15, 0.2) is 0 Å². The third-order valence-corrected chi connectivity index (χ3v) is 2.08. The summed E-state index contributed by atoms with van der Waals surface area (Å²) in [6.45, 7) is 6.64. The van der Waals surface area contributed by atoms with Crippen LogP contribution in [0.4, 0.5) is 0 Å². The van der Waals surface area contributed by atoms with Crippen LogP contribution in [0.25, 0.3) is 0 Å². The van der Waals surface area contributed by atoms with E-state index in [2.05, 4.69) is 32.9 Å². The van der Waals surface area contributed by atoms with Crippen molar-refractivity contribution in [2.24, 2.45) is 11.1 Å². The first kappa shape index (κ1) is 9.11. The minimum absolute atomic E-state index is 0.229. The van der Waals surface area contributed by atoms with E-state index in [-0.39, 0.29) is 5.41 Å². The molecule has 1 rings (SSSR count). The van der Waals surface area contributed by atoms with Crippen molar-refractivity contribution in [3.63, 3.8) is 0 Å². The molecule has 1 nitrogen and oxygen atoms in total. The van der Waals surface area contributed by atoms with Crippen LogP contribution in [0.1, 0.15) is 27.2 Å². The summed E-state index contributed by atoms with van der Waals surface area (Å²) < 4.78 is 0. The number of hydrogen-bond acceptors (Lipinski definition) is 1. The van der Waals surface area contributed by atoms with Crippen LogP contribution >= 0.6 is 0 Å². The van der Waals surface area contributed by atoms with Gasteiger partial charge in [0, 0.05) is 12.1 Å². The molecular formula is C11H17N. The molecule has 12 heavy (non-hydrogen) atoms. The quantitative estimate of drug-likeness (QED) is 0.584. The van der Waals surface area contributed by atoms with Gasteiger partial charge in [-0.2, -0.15) is 0 Å². The minimum atomic E-state index is 0.229. The number of rotatable bonds is 0. The van der Waals surface area contributed by atoms with E-state index in [0.717, 1.165) is 12.1 Å². The number of nitrogens with two attached hydrogens (primary N) is 1. The Bertz CT molecular complexity index is 249. The molecule has 2 N–H and O–H groups in total. The lowest BCUT2D eigenvalue weighted by Crippen LogP contribution is -2.11. The van der Waals surface area contributed by atoms with Gasteiger partial charge < -0.3 is 5.73 Å². The SMILES string of the molecule is CC(C)(C)C1=CC=CC=C(N)C1. The molecule has 0 spiro atoms. The van der Waals surface area contributed by atoms with Crippen molar-refractivity contribution in [3.05, 3.63) is 35.6 Å². The smallest absolute Gasteiger partial charge is 0.0122 e. The Hall–Kier alpha value is -0.980. The van der Waals surface area contributed by atoms with Crippen molar-refractivity contribution in [1.82, 2.24) is 0 Å². The number of hydrogen-bond donors (Lipinski definition) is 1. The van der Waals surface area contributed by atoms with Crippen molar-refractivity contribution >= 4 is 0 Å². The van der Waals surface area contributed by atoms with E-state index in [4.69, 9.17) is 5.73 Å². The normalized spacial score (nSPS) is 18.2. The summed E-state index contributed by atoms with van der Waals surface area (Å²) >= 11 is 0. The summed E-state index contributed by atoms with van der Waals surface area (Å²) in [5.41, 5.74) is 8.36. The molecule has 0 bridgehead atoms. The van der Waals surface area contributed by atoms with Gasteiger partial charge in [-0.1, -0.05) is 44.6 Å². The molecule has 0 amide bonds. The summed E-state index contributed by atoms with van der Waals surface area (Å²) in [4.78, 5) is 0. The molecule has 0 saturated heterocycles. The molecule has 0 saturated carbocycles. The Morgan fingerprint density at radius 1 is 1.17 bits per heavy atom. The Labute approximate surface area is 74.7 Å². The van der Waals surface area contributed by atoms with Gasteiger partial charge in [-0.15, -0.1) is 0 Å². The fourth-order valence-corrected chi connectivity index (χ4v) is 1.20. The minimum Gasteiger partial charge on any atom is -0.402 e. The zero-order valence-electron chi connectivity index (χ0n) is 8.09. The van der Waals surface area contributed by atoms with Gasteiger partial charge in [-0.3, -0.25) is 0 Å². The van der Waals surface area contributed by atoms with Crippen LogP contribution in [0, 0.1) is 5.41 Å². The molecule has 0 heterocycles. The largest absolute Gasteiger partial charge is 0.402 e. The average molecular weight is 163 g/mol. The highest BCUT2D eigenvalue weighted by Gasteiger charge is 2.17. The molecule has 0 aromatic heterocycles. The lowest BCUT2D eigenvalue weighted by molar-refractivity contribution is 0.491. The Balaban J connectivity index is 2.88. The Kier molecular flexibility index (Phi) is 2.41. The second-order valence-electron chi connectivity index (χ2n) is 4.25. The van der Waals surface area contributed by atoms with Crippen LogP contribution in [-0.2, 0) is 0 Å². The third kappa shape index (κ3) is 2.26. The summed E-state index contributed by atoms with van der Waals surface area (Å²) in [5.74, 6) is 0. The van der Waals surface area contributed by atoms with Crippen LogP contribution in [-0.4, -0.2) is 0 Å². The highest BCUT2D eigenvalue weighted by molar-refractivity contribution is 5.29. The first-order chi connectivity index (χ1) is 5.50. The lowest BCUT2D eigenvalue weighted by Gasteiger charge is -2.22. The van der Waals surface area contributed by atoms with E-state index < -0.39 is 0 Å². The molecular weight excluding hydrogens is 146 g/mol. The van der Waals surface area contributed by atoms with Gasteiger partial charge in [0.2, 0.25) is 0 Å². The molecule has 66 valence electrons. The first-order valence-electron chi connectivity index (χ1n) is 4.32. The van der Waals surface area contributed by atoms with E-state index >= 15 is 0 Å². The predicted octanol–water partition coefficient (Wildman–Crippen LogP) is 2.76. The maximum atomic E-state index is 5.79. The highest BCUT2D eigenvalue weighted by atomic mass is 14.6. The molecule has 0 aromatic rings. The maximum Gasteiger partial charge on any atom is 0.0122 e. The van der Waals surface area contributed by atoms with Gasteiger partial charge >= 0.3 is 0 Å². The lowest BCUT2D eigenvalue weighted by atomic mass is 9.84. The van der Waals surface area contributed by atoms with Crippen molar-refractivity contribution < 1.29 is 0 Å². The predicted molar refractivity (Wildman–Crippen MR) is 53.6 cm³/mol. The summed E-state index contributed by atoms with van der Waals surface area (Å²) in [5, 5.41) is 0. The highest BCUT2D eigenvalue weighted by Crippen LogP contribution is 2.30. The maximum absolute atomic E-state index is 5.79. The van der Waals surface area contributed by atoms with E-state index in [0.29, 0.717) is 0 Å². The third-order valence-electron chi connectivity index (χ3n) is 2.08. The molecule has 0 aliphatic heterocycles. The molecule has 0 unspecified atom stereocenters. The van der Waals surface area contributed by atoms with Crippen molar-refractivity contribution in [1.29, 1.82) is 0 Å². The Morgan fingerprint density at radius 2 is 1.75 bits per heavy atom. The molecule has 1 heteroatoms. The molecule has 0 aromatic carbocycles. The van der Waals surface area contributed by atoms with E-state index in [9.17, 15) is 0 Å². The van der Waals surface area contributed by atoms with Gasteiger partial charge in [-0.25, -0.2) is 0 Å². The first-order valence-corrected chi connectivity index (χ1v) is 4.32.